The summed E-state index contributed by atoms with van der Waals surface area (Å²) >= 11 is 0. The normalized spacial score (nSPS) is 19.7. The number of hydrogen-bond acceptors (Lipinski definition) is 1. The van der Waals surface area contributed by atoms with Crippen LogP contribution in [0.4, 0.5) is 0 Å². The van der Waals surface area contributed by atoms with Crippen LogP contribution in [0.15, 0.2) is 11.6 Å². The molecule has 0 spiro atoms. The molecule has 1 N–H and O–H groups in total. The molecule has 0 fully saturated rings. The van der Waals surface area contributed by atoms with Crippen LogP contribution < -0.4 is 5.32 Å². The van der Waals surface area contributed by atoms with Gasteiger partial charge >= 0.3 is 0 Å². The third-order valence-electron chi connectivity index (χ3n) is 3.76. The van der Waals surface area contributed by atoms with Gasteiger partial charge in [-0.1, -0.05) is 46.3 Å². The monoisotopic (exact) mass is 251 g/mol. The zero-order valence-electron chi connectivity index (χ0n) is 13.2. The summed E-state index contributed by atoms with van der Waals surface area (Å²) in [7, 11) is 0. The minimum Gasteiger partial charge on any atom is -0.310 e. The van der Waals surface area contributed by atoms with Gasteiger partial charge in [-0.15, -0.1) is 0 Å². The fourth-order valence-electron chi connectivity index (χ4n) is 3.23. The Kier molecular flexibility index (Phi) is 6.42. The van der Waals surface area contributed by atoms with Crippen LogP contribution in [-0.2, 0) is 0 Å². The fourth-order valence-corrected chi connectivity index (χ4v) is 3.23. The van der Waals surface area contributed by atoms with Crippen molar-refractivity contribution >= 4 is 0 Å². The van der Waals surface area contributed by atoms with Crippen molar-refractivity contribution in [1.82, 2.24) is 5.32 Å². The lowest BCUT2D eigenvalue weighted by Crippen LogP contribution is -2.33. The topological polar surface area (TPSA) is 12.0 Å². The van der Waals surface area contributed by atoms with Crippen LogP contribution >= 0.6 is 0 Å². The summed E-state index contributed by atoms with van der Waals surface area (Å²) in [6.45, 7) is 12.9. The number of allylic oxidation sites excluding steroid dienone is 1. The van der Waals surface area contributed by atoms with E-state index in [0.717, 1.165) is 12.5 Å². The van der Waals surface area contributed by atoms with Crippen molar-refractivity contribution in [3.05, 3.63) is 11.6 Å². The smallest absolute Gasteiger partial charge is 0.0281 e. The van der Waals surface area contributed by atoms with Gasteiger partial charge in [-0.05, 0) is 56.4 Å². The molecule has 0 aliphatic heterocycles. The van der Waals surface area contributed by atoms with Crippen LogP contribution in [0.5, 0.6) is 0 Å². The molecule has 0 heterocycles. The number of nitrogens with one attached hydrogen (secondary N) is 1. The summed E-state index contributed by atoms with van der Waals surface area (Å²) in [5, 5.41) is 3.76. The molecular formula is C17H33N. The van der Waals surface area contributed by atoms with Crippen molar-refractivity contribution < 1.29 is 0 Å². The minimum atomic E-state index is 0.457. The molecule has 2 atom stereocenters. The Labute approximate surface area is 114 Å². The average molecular weight is 251 g/mol. The molecule has 1 heteroatoms. The highest BCUT2D eigenvalue weighted by atomic mass is 14.9. The van der Waals surface area contributed by atoms with Crippen LogP contribution in [0.1, 0.15) is 73.1 Å². The predicted molar refractivity (Wildman–Crippen MR) is 81.9 cm³/mol. The molecule has 0 bridgehead atoms. The van der Waals surface area contributed by atoms with E-state index in [9.17, 15) is 0 Å². The minimum absolute atomic E-state index is 0.457. The Bertz CT molecular complexity index is 259. The molecule has 106 valence electrons. The maximum absolute atomic E-state index is 3.76. The molecule has 0 radical (unpaired) electrons. The molecule has 1 rings (SSSR count). The molecule has 1 aliphatic carbocycles. The number of hydrogen-bond donors (Lipinski definition) is 1. The van der Waals surface area contributed by atoms with Crippen molar-refractivity contribution in [2.75, 3.05) is 6.54 Å². The van der Waals surface area contributed by atoms with Gasteiger partial charge < -0.3 is 5.32 Å². The van der Waals surface area contributed by atoms with Crippen molar-refractivity contribution in [2.24, 2.45) is 11.3 Å². The second-order valence-electron chi connectivity index (χ2n) is 7.28. The molecule has 0 saturated carbocycles. The van der Waals surface area contributed by atoms with Gasteiger partial charge in [0.25, 0.3) is 0 Å². The Balaban J connectivity index is 2.49. The Hall–Kier alpha value is -0.300. The lowest BCUT2D eigenvalue weighted by atomic mass is 9.82. The molecule has 0 saturated heterocycles. The van der Waals surface area contributed by atoms with E-state index in [1.54, 1.807) is 5.57 Å². The lowest BCUT2D eigenvalue weighted by molar-refractivity contribution is 0.281. The summed E-state index contributed by atoms with van der Waals surface area (Å²) < 4.78 is 0. The standard InChI is InChI=1S/C17H33N/c1-6-11-18-16(15-9-7-8-10-15)12-14(2)13-17(3,4)5/h9,14,16,18H,6-8,10-13H2,1-5H3. The van der Waals surface area contributed by atoms with Gasteiger partial charge in [0, 0.05) is 6.04 Å². The van der Waals surface area contributed by atoms with E-state index in [1.807, 2.05) is 0 Å². The molecule has 0 amide bonds. The Morgan fingerprint density at radius 2 is 2.06 bits per heavy atom. The van der Waals surface area contributed by atoms with E-state index in [1.165, 1.54) is 38.5 Å². The first-order valence-electron chi connectivity index (χ1n) is 7.84. The van der Waals surface area contributed by atoms with E-state index >= 15 is 0 Å². The highest BCUT2D eigenvalue weighted by Crippen LogP contribution is 2.30. The SMILES string of the molecule is CCCNC(CC(C)CC(C)(C)C)C1=CCCC1. The van der Waals surface area contributed by atoms with Crippen molar-refractivity contribution in [1.29, 1.82) is 0 Å². The maximum atomic E-state index is 3.76. The first-order valence-corrected chi connectivity index (χ1v) is 7.84. The summed E-state index contributed by atoms with van der Waals surface area (Å²) in [5.41, 5.74) is 2.14. The van der Waals surface area contributed by atoms with E-state index in [2.05, 4.69) is 46.0 Å². The van der Waals surface area contributed by atoms with Crippen LogP contribution in [0, 0.1) is 11.3 Å². The summed E-state index contributed by atoms with van der Waals surface area (Å²) in [6, 6.07) is 0.643. The molecule has 0 aromatic heterocycles. The molecule has 0 aromatic carbocycles. The molecule has 2 unspecified atom stereocenters. The van der Waals surface area contributed by atoms with Crippen LogP contribution in [-0.4, -0.2) is 12.6 Å². The van der Waals surface area contributed by atoms with E-state index < -0.39 is 0 Å². The van der Waals surface area contributed by atoms with Gasteiger partial charge in [0.05, 0.1) is 0 Å². The number of rotatable bonds is 7. The average Bonchev–Trinajstić information content (AvgIpc) is 2.74. The molecule has 1 nitrogen and oxygen atoms in total. The first-order chi connectivity index (χ1) is 8.42. The fraction of sp³-hybridized carbons (Fsp3) is 0.882. The van der Waals surface area contributed by atoms with Gasteiger partial charge in [0.1, 0.15) is 0 Å². The molecule has 0 aromatic rings. The summed E-state index contributed by atoms with van der Waals surface area (Å²) in [5.74, 6) is 0.806. The van der Waals surface area contributed by atoms with Crippen molar-refractivity contribution in [3.63, 3.8) is 0 Å². The van der Waals surface area contributed by atoms with Gasteiger partial charge in [-0.3, -0.25) is 0 Å². The largest absolute Gasteiger partial charge is 0.310 e. The Morgan fingerprint density at radius 3 is 2.56 bits per heavy atom. The second kappa shape index (κ2) is 7.33. The van der Waals surface area contributed by atoms with Gasteiger partial charge in [0.15, 0.2) is 0 Å². The van der Waals surface area contributed by atoms with Crippen LogP contribution in [0.25, 0.3) is 0 Å². The summed E-state index contributed by atoms with van der Waals surface area (Å²) in [4.78, 5) is 0. The van der Waals surface area contributed by atoms with E-state index in [4.69, 9.17) is 0 Å². The van der Waals surface area contributed by atoms with Gasteiger partial charge in [-0.25, -0.2) is 0 Å². The molecular weight excluding hydrogens is 218 g/mol. The third-order valence-corrected chi connectivity index (χ3v) is 3.76. The maximum Gasteiger partial charge on any atom is 0.0281 e. The van der Waals surface area contributed by atoms with Gasteiger partial charge in [0.2, 0.25) is 0 Å². The van der Waals surface area contributed by atoms with Crippen LogP contribution in [0.2, 0.25) is 0 Å². The Morgan fingerprint density at radius 1 is 1.33 bits per heavy atom. The van der Waals surface area contributed by atoms with Gasteiger partial charge in [-0.2, -0.15) is 0 Å². The lowest BCUT2D eigenvalue weighted by Gasteiger charge is -2.28. The first kappa shape index (κ1) is 15.8. The molecule has 18 heavy (non-hydrogen) atoms. The van der Waals surface area contributed by atoms with E-state index in [-0.39, 0.29) is 0 Å². The van der Waals surface area contributed by atoms with Crippen molar-refractivity contribution in [3.8, 4) is 0 Å². The molecule has 1 aliphatic rings. The van der Waals surface area contributed by atoms with E-state index in [0.29, 0.717) is 11.5 Å². The highest BCUT2D eigenvalue weighted by Gasteiger charge is 2.22. The summed E-state index contributed by atoms with van der Waals surface area (Å²) in [6.07, 6.45) is 10.3. The highest BCUT2D eigenvalue weighted by molar-refractivity contribution is 5.15. The predicted octanol–water partition coefficient (Wildman–Crippen LogP) is 4.93. The quantitative estimate of drug-likeness (QED) is 0.633. The zero-order valence-corrected chi connectivity index (χ0v) is 13.2. The van der Waals surface area contributed by atoms with Crippen molar-refractivity contribution in [2.45, 2.75) is 79.2 Å². The second-order valence-corrected chi connectivity index (χ2v) is 7.28. The third kappa shape index (κ3) is 6.04. The van der Waals surface area contributed by atoms with Crippen LogP contribution in [0.3, 0.4) is 0 Å². The zero-order chi connectivity index (χ0) is 13.6.